The zero-order chi connectivity index (χ0) is 13.3. The predicted octanol–water partition coefficient (Wildman–Crippen LogP) is -0.841. The number of rotatable bonds is 2. The van der Waals surface area contributed by atoms with Crippen molar-refractivity contribution >= 4 is 5.91 Å². The van der Waals surface area contributed by atoms with Crippen LogP contribution in [0.25, 0.3) is 5.69 Å². The summed E-state index contributed by atoms with van der Waals surface area (Å²) in [6.07, 6.45) is 0.884. The summed E-state index contributed by atoms with van der Waals surface area (Å²) in [6, 6.07) is 3.29. The average molecular weight is 250 g/mol. The van der Waals surface area contributed by atoms with Gasteiger partial charge in [-0.3, -0.25) is 14.6 Å². The molecule has 0 aliphatic heterocycles. The smallest absolute Gasteiger partial charge is 0.349 e. The highest BCUT2D eigenvalue weighted by Crippen LogP contribution is 2.11. The van der Waals surface area contributed by atoms with Crippen LogP contribution in [0.1, 0.15) is 10.4 Å². The summed E-state index contributed by atoms with van der Waals surface area (Å²) in [4.78, 5) is 35.2. The summed E-state index contributed by atoms with van der Waals surface area (Å²) in [6.45, 7) is 0. The molecule has 2 aromatic rings. The Morgan fingerprint density at radius 2 is 2.11 bits per heavy atom. The van der Waals surface area contributed by atoms with Gasteiger partial charge in [-0.1, -0.05) is 0 Å². The zero-order valence-corrected chi connectivity index (χ0v) is 8.88. The fourth-order valence-electron chi connectivity index (χ4n) is 1.37. The molecule has 0 fully saturated rings. The molecule has 0 spiro atoms. The second-order valence-corrected chi connectivity index (χ2v) is 3.38. The van der Waals surface area contributed by atoms with Gasteiger partial charge in [-0.15, -0.1) is 0 Å². The first kappa shape index (κ1) is 11.7. The van der Waals surface area contributed by atoms with Gasteiger partial charge in [-0.2, -0.15) is 9.78 Å². The van der Waals surface area contributed by atoms with Crippen molar-refractivity contribution in [2.24, 2.45) is 5.73 Å². The van der Waals surface area contributed by atoms with E-state index in [2.05, 4.69) is 5.10 Å². The standard InChI is InChI=1S/C10H7FN4O3/c11-7-2-1-5(3-6(7)9(12)17)15-10(18)14-8(16)4-13-15/h1-4H,(H2,12,17)(H,14,16,18). The highest BCUT2D eigenvalue weighted by Gasteiger charge is 2.11. The monoisotopic (exact) mass is 250 g/mol. The number of aromatic nitrogens is 3. The first-order valence-corrected chi connectivity index (χ1v) is 4.77. The normalized spacial score (nSPS) is 10.3. The summed E-state index contributed by atoms with van der Waals surface area (Å²) in [7, 11) is 0. The Bertz CT molecular complexity index is 734. The zero-order valence-electron chi connectivity index (χ0n) is 8.88. The summed E-state index contributed by atoms with van der Waals surface area (Å²) in [5.41, 5.74) is 3.27. The molecule has 1 aromatic carbocycles. The van der Waals surface area contributed by atoms with Gasteiger partial charge in [0.2, 0.25) is 0 Å². The number of H-pyrrole nitrogens is 1. The van der Waals surface area contributed by atoms with E-state index in [0.29, 0.717) is 0 Å². The lowest BCUT2D eigenvalue weighted by molar-refractivity contribution is 0.0996. The quantitative estimate of drug-likeness (QED) is 0.723. The number of carbonyl (C=O) groups is 1. The topological polar surface area (TPSA) is 111 Å². The third kappa shape index (κ3) is 2.03. The Hall–Kier alpha value is -2.77. The molecule has 1 aromatic heterocycles. The molecular weight excluding hydrogens is 243 g/mol. The molecule has 0 saturated heterocycles. The molecule has 7 nitrogen and oxygen atoms in total. The van der Waals surface area contributed by atoms with E-state index >= 15 is 0 Å². The number of hydrogen-bond donors (Lipinski definition) is 2. The molecule has 0 bridgehead atoms. The third-order valence-electron chi connectivity index (χ3n) is 2.17. The van der Waals surface area contributed by atoms with Crippen molar-refractivity contribution in [3.63, 3.8) is 0 Å². The van der Waals surface area contributed by atoms with Gasteiger partial charge in [0.1, 0.15) is 12.0 Å². The maximum absolute atomic E-state index is 13.2. The van der Waals surface area contributed by atoms with Gasteiger partial charge in [-0.05, 0) is 18.2 Å². The third-order valence-corrected chi connectivity index (χ3v) is 2.17. The van der Waals surface area contributed by atoms with Gasteiger partial charge in [-0.25, -0.2) is 9.18 Å². The maximum Gasteiger partial charge on any atom is 0.349 e. The predicted molar refractivity (Wildman–Crippen MR) is 58.9 cm³/mol. The van der Waals surface area contributed by atoms with E-state index < -0.39 is 23.0 Å². The Morgan fingerprint density at radius 3 is 2.72 bits per heavy atom. The highest BCUT2D eigenvalue weighted by molar-refractivity contribution is 5.93. The van der Waals surface area contributed by atoms with Crippen molar-refractivity contribution in [3.05, 3.63) is 56.6 Å². The molecule has 92 valence electrons. The molecule has 2 rings (SSSR count). The summed E-state index contributed by atoms with van der Waals surface area (Å²) < 4.78 is 14.0. The lowest BCUT2D eigenvalue weighted by Crippen LogP contribution is -2.30. The van der Waals surface area contributed by atoms with Gasteiger partial charge < -0.3 is 5.73 Å². The Morgan fingerprint density at radius 1 is 1.39 bits per heavy atom. The second kappa shape index (κ2) is 4.24. The van der Waals surface area contributed by atoms with E-state index in [1.807, 2.05) is 4.98 Å². The number of hydrogen-bond acceptors (Lipinski definition) is 4. The number of nitrogens with zero attached hydrogens (tertiary/aromatic N) is 2. The Labute approximate surface area is 98.7 Å². The number of carbonyl (C=O) groups excluding carboxylic acids is 1. The van der Waals surface area contributed by atoms with E-state index in [9.17, 15) is 18.8 Å². The number of nitrogens with one attached hydrogen (secondary N) is 1. The maximum atomic E-state index is 13.2. The average Bonchev–Trinajstić information content (AvgIpc) is 2.30. The molecule has 0 aliphatic carbocycles. The fraction of sp³-hybridized carbons (Fsp3) is 0. The second-order valence-electron chi connectivity index (χ2n) is 3.38. The van der Waals surface area contributed by atoms with E-state index in [-0.39, 0.29) is 11.3 Å². The van der Waals surface area contributed by atoms with Crippen molar-refractivity contribution in [2.75, 3.05) is 0 Å². The van der Waals surface area contributed by atoms with Crippen molar-refractivity contribution in [1.29, 1.82) is 0 Å². The van der Waals surface area contributed by atoms with Crippen molar-refractivity contribution in [3.8, 4) is 5.69 Å². The summed E-state index contributed by atoms with van der Waals surface area (Å²) in [5, 5.41) is 3.56. The Balaban J connectivity index is 2.65. The summed E-state index contributed by atoms with van der Waals surface area (Å²) in [5.74, 6) is -1.77. The molecule has 0 radical (unpaired) electrons. The van der Waals surface area contributed by atoms with Crippen LogP contribution in [0.5, 0.6) is 0 Å². The van der Waals surface area contributed by atoms with Gasteiger partial charge in [0, 0.05) is 0 Å². The number of benzene rings is 1. The number of amides is 1. The fourth-order valence-corrected chi connectivity index (χ4v) is 1.37. The van der Waals surface area contributed by atoms with Crippen molar-refractivity contribution in [1.82, 2.24) is 14.8 Å². The van der Waals surface area contributed by atoms with Crippen LogP contribution < -0.4 is 17.0 Å². The van der Waals surface area contributed by atoms with Crippen LogP contribution in [0.2, 0.25) is 0 Å². The lowest BCUT2D eigenvalue weighted by atomic mass is 10.2. The van der Waals surface area contributed by atoms with Crippen LogP contribution in [-0.4, -0.2) is 20.7 Å². The van der Waals surface area contributed by atoms with E-state index in [1.165, 1.54) is 6.07 Å². The van der Waals surface area contributed by atoms with Gasteiger partial charge in [0.05, 0.1) is 11.3 Å². The van der Waals surface area contributed by atoms with Crippen LogP contribution >= 0.6 is 0 Å². The lowest BCUT2D eigenvalue weighted by Gasteiger charge is -2.05. The van der Waals surface area contributed by atoms with Crippen LogP contribution in [0.4, 0.5) is 4.39 Å². The number of nitrogens with two attached hydrogens (primary N) is 1. The van der Waals surface area contributed by atoms with Gasteiger partial charge in [0.15, 0.2) is 0 Å². The van der Waals surface area contributed by atoms with Crippen molar-refractivity contribution < 1.29 is 9.18 Å². The molecular formula is C10H7FN4O3. The SMILES string of the molecule is NC(=O)c1cc(-n2ncc(=O)[nH]c2=O)ccc1F. The highest BCUT2D eigenvalue weighted by atomic mass is 19.1. The first-order chi connectivity index (χ1) is 8.49. The molecule has 18 heavy (non-hydrogen) atoms. The summed E-state index contributed by atoms with van der Waals surface area (Å²) >= 11 is 0. The number of aromatic amines is 1. The molecule has 1 heterocycles. The number of halogens is 1. The van der Waals surface area contributed by atoms with Gasteiger partial charge >= 0.3 is 5.69 Å². The molecule has 8 heteroatoms. The van der Waals surface area contributed by atoms with Crippen LogP contribution in [-0.2, 0) is 0 Å². The van der Waals surface area contributed by atoms with E-state index in [0.717, 1.165) is 23.0 Å². The minimum Gasteiger partial charge on any atom is -0.366 e. The molecule has 0 unspecified atom stereocenters. The van der Waals surface area contributed by atoms with E-state index in [1.54, 1.807) is 0 Å². The van der Waals surface area contributed by atoms with E-state index in [4.69, 9.17) is 5.73 Å². The number of primary amides is 1. The molecule has 0 aliphatic rings. The van der Waals surface area contributed by atoms with Gasteiger partial charge in [0.25, 0.3) is 11.5 Å². The van der Waals surface area contributed by atoms with Crippen molar-refractivity contribution in [2.45, 2.75) is 0 Å². The van der Waals surface area contributed by atoms with Crippen LogP contribution in [0.3, 0.4) is 0 Å². The molecule has 1 amide bonds. The molecule has 0 saturated carbocycles. The minimum absolute atomic E-state index is 0.117. The largest absolute Gasteiger partial charge is 0.366 e. The van der Waals surface area contributed by atoms with Crippen LogP contribution in [0, 0.1) is 5.82 Å². The first-order valence-electron chi connectivity index (χ1n) is 4.77. The minimum atomic E-state index is -0.966. The molecule has 3 N–H and O–H groups in total. The van der Waals surface area contributed by atoms with Crippen LogP contribution in [0.15, 0.2) is 34.0 Å². The molecule has 0 atom stereocenters. The Kier molecular flexibility index (Phi) is 2.76.